The number of ketones is 1. The van der Waals surface area contributed by atoms with Gasteiger partial charge in [0, 0.05) is 67.9 Å². The van der Waals surface area contributed by atoms with Gasteiger partial charge in [0.05, 0.1) is 5.56 Å². The molecule has 0 saturated carbocycles. The molecule has 1 unspecified atom stereocenters. The molecule has 2 N–H and O–H groups in total. The van der Waals surface area contributed by atoms with E-state index >= 15 is 0 Å². The van der Waals surface area contributed by atoms with E-state index in [4.69, 9.17) is 0 Å². The molecule has 0 saturated heterocycles. The monoisotopic (exact) mass is 897 g/mol. The van der Waals surface area contributed by atoms with Crippen LogP contribution in [0, 0.1) is 0 Å². The summed E-state index contributed by atoms with van der Waals surface area (Å²) in [5, 5.41) is 23.5. The Morgan fingerprint density at radius 1 is 0.569 bits per heavy atom. The number of carbonyl (C=O) groups excluding carboxylic acids is 1. The third-order valence-electron chi connectivity index (χ3n) is 12.0. The van der Waals surface area contributed by atoms with Gasteiger partial charge in [-0.15, -0.1) is 34.0 Å². The van der Waals surface area contributed by atoms with Crippen LogP contribution in [-0.4, -0.2) is 22.0 Å². The summed E-state index contributed by atoms with van der Waals surface area (Å²) >= 11 is 5.24. The summed E-state index contributed by atoms with van der Waals surface area (Å²) in [6, 6.07) is 64.4. The molecule has 0 bridgehead atoms. The lowest BCUT2D eigenvalue weighted by Gasteiger charge is -2.25. The number of benzene rings is 7. The third kappa shape index (κ3) is 7.81. The molecule has 0 fully saturated rings. The molecule has 1 atom stereocenters. The highest BCUT2D eigenvalue weighted by Gasteiger charge is 2.34. The lowest BCUT2D eigenvalue weighted by molar-refractivity contribution is 0.0696. The molecule has 7 aromatic carbocycles. The van der Waals surface area contributed by atoms with Crippen LogP contribution in [-0.2, 0) is 12.8 Å². The van der Waals surface area contributed by atoms with Gasteiger partial charge in [0.25, 0.3) is 0 Å². The van der Waals surface area contributed by atoms with Crippen LogP contribution in [0.25, 0.3) is 46.4 Å². The zero-order valence-electron chi connectivity index (χ0n) is 34.8. The van der Waals surface area contributed by atoms with Gasteiger partial charge in [0.15, 0.2) is 5.78 Å². The summed E-state index contributed by atoms with van der Waals surface area (Å²) in [5.74, 6) is -1.47. The summed E-state index contributed by atoms with van der Waals surface area (Å²) in [4.78, 5) is 32.1. The second-order valence-corrected chi connectivity index (χ2v) is 19.5. The Balaban J connectivity index is 1.01. The fraction of sp³-hybridized carbons (Fsp3) is 0.0526. The molecule has 65 heavy (non-hydrogen) atoms. The second kappa shape index (κ2) is 17.1. The maximum atomic E-state index is 13.8. The first kappa shape index (κ1) is 40.6. The Bertz CT molecular complexity index is 3400. The Labute approximate surface area is 388 Å². The largest absolute Gasteiger partial charge is 0.478 e. The molecule has 0 radical (unpaired) electrons. The number of fused-ring (bicyclic) bond motifs is 4. The lowest BCUT2D eigenvalue weighted by Crippen LogP contribution is -2.09. The van der Waals surface area contributed by atoms with Crippen LogP contribution in [0.5, 0.6) is 0 Å². The van der Waals surface area contributed by atoms with Crippen molar-refractivity contribution in [1.29, 1.82) is 0 Å². The minimum atomic E-state index is -1.15. The average Bonchev–Trinajstić information content (AvgIpc) is 4.10. The number of thiophene rings is 3. The van der Waals surface area contributed by atoms with E-state index in [0.29, 0.717) is 12.0 Å². The first-order valence-electron chi connectivity index (χ1n) is 21.4. The van der Waals surface area contributed by atoms with Gasteiger partial charge in [-0.25, -0.2) is 4.79 Å². The Morgan fingerprint density at radius 3 is 1.77 bits per heavy atom. The van der Waals surface area contributed by atoms with Crippen LogP contribution < -0.4 is 4.90 Å². The van der Waals surface area contributed by atoms with Crippen molar-refractivity contribution < 1.29 is 19.8 Å². The van der Waals surface area contributed by atoms with Gasteiger partial charge >= 0.3 is 5.97 Å². The summed E-state index contributed by atoms with van der Waals surface area (Å²) in [5.41, 5.74) is 10.1. The fourth-order valence-corrected chi connectivity index (χ4v) is 12.6. The average molecular weight is 898 g/mol. The van der Waals surface area contributed by atoms with Crippen LogP contribution in [0.3, 0.4) is 0 Å². The topological polar surface area (TPSA) is 77.8 Å². The van der Waals surface area contributed by atoms with E-state index in [0.717, 1.165) is 44.4 Å². The number of Topliss-reactive ketones (excluding diaryl/α,β-unsaturated/α-hetero) is 1. The van der Waals surface area contributed by atoms with Crippen molar-refractivity contribution in [2.75, 3.05) is 4.90 Å². The van der Waals surface area contributed by atoms with Gasteiger partial charge in [-0.2, -0.15) is 0 Å². The third-order valence-corrected chi connectivity index (χ3v) is 15.7. The van der Waals surface area contributed by atoms with Crippen molar-refractivity contribution in [2.24, 2.45) is 0 Å². The summed E-state index contributed by atoms with van der Waals surface area (Å²) in [6.45, 7) is 0. The number of anilines is 3. The molecule has 1 aliphatic rings. The summed E-state index contributed by atoms with van der Waals surface area (Å²) in [7, 11) is 0. The number of carboxylic acid groups (broad SMARTS) is 1. The minimum Gasteiger partial charge on any atom is -0.478 e. The van der Waals surface area contributed by atoms with Gasteiger partial charge in [0.1, 0.15) is 6.10 Å². The molecule has 10 aromatic rings. The number of aromatic carboxylic acids is 1. The summed E-state index contributed by atoms with van der Waals surface area (Å²) < 4.78 is 2.46. The fourth-order valence-electron chi connectivity index (χ4n) is 8.90. The molecule has 5 nitrogen and oxygen atoms in total. The zero-order chi connectivity index (χ0) is 44.0. The van der Waals surface area contributed by atoms with Crippen molar-refractivity contribution >= 4 is 89.1 Å². The van der Waals surface area contributed by atoms with Crippen LogP contribution >= 0.6 is 34.0 Å². The number of nitrogens with zero attached hydrogens (tertiary/aromatic N) is 1. The molecule has 3 aromatic heterocycles. The second-order valence-electron chi connectivity index (χ2n) is 16.2. The van der Waals surface area contributed by atoms with Crippen LogP contribution in [0.1, 0.15) is 59.5 Å². The highest BCUT2D eigenvalue weighted by molar-refractivity contribution is 7.26. The van der Waals surface area contributed by atoms with E-state index in [9.17, 15) is 19.8 Å². The van der Waals surface area contributed by atoms with Gasteiger partial charge in [-0.3, -0.25) is 4.79 Å². The number of hydrogen-bond acceptors (Lipinski definition) is 7. The first-order chi connectivity index (χ1) is 31.8. The van der Waals surface area contributed by atoms with Gasteiger partial charge in [0.2, 0.25) is 0 Å². The van der Waals surface area contributed by atoms with Crippen LogP contribution in [0.15, 0.2) is 194 Å². The quantitative estimate of drug-likeness (QED) is 0.126. The SMILES string of the molecule is O=C(O)c1ccc2c(c1)C(=O)/C(=C\c1cc(Cc3ccccc3)c(-c3sc(-c4ccc5c(c4)sc4cc(N(c6ccccc6)c6ccccc6)ccc45)cc3Cc3ccccc3)s1)C2O. The number of rotatable bonds is 11. The number of aliphatic hydroxyl groups is 1. The molecule has 1 aliphatic carbocycles. The Morgan fingerprint density at radius 2 is 1.14 bits per heavy atom. The smallest absolute Gasteiger partial charge is 0.335 e. The summed E-state index contributed by atoms with van der Waals surface area (Å²) in [6.07, 6.45) is 2.08. The number of hydrogen-bond donors (Lipinski definition) is 2. The molecular formula is C57H39NO4S3. The van der Waals surface area contributed by atoms with Crippen molar-refractivity contribution in [3.05, 3.63) is 237 Å². The van der Waals surface area contributed by atoms with E-state index in [2.05, 4.69) is 150 Å². The van der Waals surface area contributed by atoms with E-state index in [-0.39, 0.29) is 22.5 Å². The van der Waals surface area contributed by atoms with E-state index in [1.54, 1.807) is 34.8 Å². The number of para-hydroxylation sites is 2. The lowest BCUT2D eigenvalue weighted by atomic mass is 10.00. The predicted molar refractivity (Wildman–Crippen MR) is 270 cm³/mol. The number of carbonyl (C=O) groups is 2. The van der Waals surface area contributed by atoms with Gasteiger partial charge in [-0.1, -0.05) is 121 Å². The van der Waals surface area contributed by atoms with Crippen LogP contribution in [0.4, 0.5) is 17.1 Å². The normalized spacial score (nSPS) is 14.1. The molecule has 8 heteroatoms. The molecule has 0 spiro atoms. The zero-order valence-corrected chi connectivity index (χ0v) is 37.3. The van der Waals surface area contributed by atoms with E-state index in [1.165, 1.54) is 58.7 Å². The predicted octanol–water partition coefficient (Wildman–Crippen LogP) is 15.2. The van der Waals surface area contributed by atoms with Crippen LogP contribution in [0.2, 0.25) is 0 Å². The van der Waals surface area contributed by atoms with E-state index in [1.807, 2.05) is 35.6 Å². The molecule has 3 heterocycles. The van der Waals surface area contributed by atoms with Crippen molar-refractivity contribution in [1.82, 2.24) is 0 Å². The van der Waals surface area contributed by atoms with Crippen molar-refractivity contribution in [3.8, 4) is 20.2 Å². The molecule has 314 valence electrons. The maximum Gasteiger partial charge on any atom is 0.335 e. The Hall–Kier alpha value is -7.20. The number of aliphatic hydroxyl groups excluding tert-OH is 1. The highest BCUT2D eigenvalue weighted by atomic mass is 32.1. The first-order valence-corrected chi connectivity index (χ1v) is 23.8. The minimum absolute atomic E-state index is 0.0169. The Kier molecular flexibility index (Phi) is 10.7. The van der Waals surface area contributed by atoms with Gasteiger partial charge in [-0.05, 0) is 119 Å². The molecule has 11 rings (SSSR count). The maximum absolute atomic E-state index is 13.8. The van der Waals surface area contributed by atoms with E-state index < -0.39 is 12.1 Å². The molecule has 0 aliphatic heterocycles. The van der Waals surface area contributed by atoms with Gasteiger partial charge < -0.3 is 15.1 Å². The standard InChI is InChI=1S/C57H39NO4S3/c59-53-47-25-22-38(57(61)62)30-48(47)54(60)49(53)34-44-29-39(27-35-13-5-1-6-14-35)55(63-44)56-40(28-36-15-7-2-8-16-36)32-50(65-56)37-21-24-45-46-26-23-43(33-52(46)64-51(45)31-37)58(41-17-9-3-10-18-41)42-19-11-4-12-20-42/h1-26,29-34,53,59H,27-28H2,(H,61,62)/b49-34-. The number of carboxylic acids is 1. The van der Waals surface area contributed by atoms with Crippen molar-refractivity contribution in [2.45, 2.75) is 18.9 Å². The molecular weight excluding hydrogens is 859 g/mol. The van der Waals surface area contributed by atoms with Crippen molar-refractivity contribution in [3.63, 3.8) is 0 Å². The molecule has 0 amide bonds. The highest BCUT2D eigenvalue weighted by Crippen LogP contribution is 2.48.